The first-order valence-corrected chi connectivity index (χ1v) is 8.30. The van der Waals surface area contributed by atoms with Crippen LogP contribution in [0.3, 0.4) is 0 Å². The molecule has 2 unspecified atom stereocenters. The number of nitrogens with one attached hydrogen (secondary N) is 2. The average Bonchev–Trinajstić information content (AvgIpc) is 3.06. The molecule has 1 aromatic rings. The molecule has 0 radical (unpaired) electrons. The lowest BCUT2D eigenvalue weighted by Crippen LogP contribution is -2.49. The molecule has 0 aromatic heterocycles. The van der Waals surface area contributed by atoms with E-state index in [1.807, 2.05) is 4.90 Å². The van der Waals surface area contributed by atoms with Crippen LogP contribution in [0.5, 0.6) is 0 Å². The van der Waals surface area contributed by atoms with E-state index >= 15 is 0 Å². The number of carbonyl (C=O) groups excluding carboxylic acids is 1. The van der Waals surface area contributed by atoms with Gasteiger partial charge in [-0.05, 0) is 44.5 Å². The van der Waals surface area contributed by atoms with Gasteiger partial charge in [0.2, 0.25) is 5.91 Å². The minimum atomic E-state index is -0.506. The summed E-state index contributed by atoms with van der Waals surface area (Å²) >= 11 is 0. The second-order valence-electron chi connectivity index (χ2n) is 6.47. The molecule has 8 heteroatoms. The zero-order valence-electron chi connectivity index (χ0n) is 14.0. The molecule has 2 atom stereocenters. The summed E-state index contributed by atoms with van der Waals surface area (Å²) in [6.07, 6.45) is 2.72. The number of likely N-dealkylation sites (tertiary alicyclic amines) is 1. The van der Waals surface area contributed by atoms with Crippen molar-refractivity contribution in [3.05, 3.63) is 35.4 Å². The summed E-state index contributed by atoms with van der Waals surface area (Å²) in [4.78, 5) is 14.2. The number of piperidine rings is 1. The van der Waals surface area contributed by atoms with E-state index in [9.17, 15) is 13.6 Å². The fraction of sp³-hybridized carbons (Fsp3) is 0.588. The molecule has 1 aromatic carbocycles. The smallest absolute Gasteiger partial charge is 0.224 e. The number of carbonyl (C=O) groups is 1. The Bertz CT molecular complexity index is 551. The largest absolute Gasteiger partial charge is 0.352 e. The first-order valence-electron chi connectivity index (χ1n) is 8.30. The van der Waals surface area contributed by atoms with Gasteiger partial charge in [-0.25, -0.2) is 8.78 Å². The van der Waals surface area contributed by atoms with Crippen LogP contribution in [0, 0.1) is 17.6 Å². The summed E-state index contributed by atoms with van der Waals surface area (Å²) in [5.74, 6) is -0.866. The Morgan fingerprint density at radius 3 is 2.60 bits per heavy atom. The molecule has 2 N–H and O–H groups in total. The molecule has 2 heterocycles. The Labute approximate surface area is 159 Å². The van der Waals surface area contributed by atoms with Crippen molar-refractivity contribution < 1.29 is 13.6 Å². The maximum Gasteiger partial charge on any atom is 0.224 e. The second kappa shape index (κ2) is 10.3. The fourth-order valence-electron chi connectivity index (χ4n) is 3.42. The first-order chi connectivity index (χ1) is 11.1. The number of hydrogen-bond acceptors (Lipinski definition) is 3. The van der Waals surface area contributed by atoms with E-state index in [2.05, 4.69) is 10.6 Å². The molecule has 0 bridgehead atoms. The lowest BCUT2D eigenvalue weighted by atomic mass is 10.0. The number of benzene rings is 1. The molecular weight excluding hydrogens is 371 g/mol. The Hall–Kier alpha value is -0.950. The maximum absolute atomic E-state index is 13.8. The van der Waals surface area contributed by atoms with Crippen LogP contribution in [-0.2, 0) is 11.3 Å². The van der Waals surface area contributed by atoms with Crippen molar-refractivity contribution in [1.29, 1.82) is 0 Å². The molecule has 2 saturated heterocycles. The van der Waals surface area contributed by atoms with E-state index in [-0.39, 0.29) is 54.8 Å². The molecule has 0 spiro atoms. The van der Waals surface area contributed by atoms with Crippen molar-refractivity contribution in [2.75, 3.05) is 26.2 Å². The average molecular weight is 396 g/mol. The molecule has 0 aliphatic carbocycles. The third-order valence-corrected chi connectivity index (χ3v) is 4.73. The molecule has 2 aliphatic heterocycles. The van der Waals surface area contributed by atoms with E-state index in [0.29, 0.717) is 6.54 Å². The summed E-state index contributed by atoms with van der Waals surface area (Å²) in [6, 6.07) is 4.01. The summed E-state index contributed by atoms with van der Waals surface area (Å²) in [5.41, 5.74) is 0.111. The van der Waals surface area contributed by atoms with Crippen LogP contribution in [0.1, 0.15) is 24.8 Å². The minimum absolute atomic E-state index is 0. The molecule has 2 aliphatic rings. The van der Waals surface area contributed by atoms with Crippen LogP contribution in [0.4, 0.5) is 8.78 Å². The maximum atomic E-state index is 13.8. The SMILES string of the molecule is Cl.Cl.O=C(NC1CCCN(Cc2c(F)cccc2F)C1)C1CCNC1. The van der Waals surface area contributed by atoms with Gasteiger partial charge in [-0.1, -0.05) is 6.07 Å². The molecular formula is C17H25Cl2F2N3O. The molecule has 2 fully saturated rings. The highest BCUT2D eigenvalue weighted by Crippen LogP contribution is 2.19. The Morgan fingerprint density at radius 1 is 1.24 bits per heavy atom. The van der Waals surface area contributed by atoms with Crippen molar-refractivity contribution >= 4 is 30.7 Å². The third-order valence-electron chi connectivity index (χ3n) is 4.73. The predicted molar refractivity (Wildman–Crippen MR) is 98.3 cm³/mol. The normalized spacial score (nSPS) is 23.4. The van der Waals surface area contributed by atoms with E-state index < -0.39 is 11.6 Å². The zero-order chi connectivity index (χ0) is 16.2. The van der Waals surface area contributed by atoms with Crippen molar-refractivity contribution in [3.8, 4) is 0 Å². The van der Waals surface area contributed by atoms with Crippen LogP contribution < -0.4 is 10.6 Å². The van der Waals surface area contributed by atoms with Gasteiger partial charge in [-0.3, -0.25) is 9.69 Å². The highest BCUT2D eigenvalue weighted by molar-refractivity contribution is 5.85. The van der Waals surface area contributed by atoms with Crippen LogP contribution in [0.25, 0.3) is 0 Å². The van der Waals surface area contributed by atoms with Crippen molar-refractivity contribution in [3.63, 3.8) is 0 Å². The van der Waals surface area contributed by atoms with Gasteiger partial charge in [-0.15, -0.1) is 24.8 Å². The van der Waals surface area contributed by atoms with Gasteiger partial charge in [0.05, 0.1) is 5.92 Å². The van der Waals surface area contributed by atoms with Gasteiger partial charge < -0.3 is 10.6 Å². The molecule has 25 heavy (non-hydrogen) atoms. The van der Waals surface area contributed by atoms with Crippen LogP contribution in [0.15, 0.2) is 18.2 Å². The Kier molecular flexibility index (Phi) is 9.07. The van der Waals surface area contributed by atoms with E-state index in [1.54, 1.807) is 0 Å². The van der Waals surface area contributed by atoms with E-state index in [1.165, 1.54) is 18.2 Å². The molecule has 3 rings (SSSR count). The van der Waals surface area contributed by atoms with Gasteiger partial charge in [0, 0.05) is 31.2 Å². The van der Waals surface area contributed by atoms with Gasteiger partial charge in [0.1, 0.15) is 11.6 Å². The Balaban J connectivity index is 0.00000156. The van der Waals surface area contributed by atoms with Crippen molar-refractivity contribution in [2.45, 2.75) is 31.8 Å². The fourth-order valence-corrected chi connectivity index (χ4v) is 3.42. The van der Waals surface area contributed by atoms with Crippen molar-refractivity contribution in [1.82, 2.24) is 15.5 Å². The zero-order valence-corrected chi connectivity index (χ0v) is 15.6. The van der Waals surface area contributed by atoms with Crippen LogP contribution in [0.2, 0.25) is 0 Å². The number of nitrogens with zero attached hydrogens (tertiary/aromatic N) is 1. The highest BCUT2D eigenvalue weighted by Gasteiger charge is 2.27. The second-order valence-corrected chi connectivity index (χ2v) is 6.47. The predicted octanol–water partition coefficient (Wildman–Crippen LogP) is 2.50. The lowest BCUT2D eigenvalue weighted by molar-refractivity contribution is -0.125. The number of amides is 1. The minimum Gasteiger partial charge on any atom is -0.352 e. The summed E-state index contributed by atoms with van der Waals surface area (Å²) in [7, 11) is 0. The number of rotatable bonds is 4. The summed E-state index contributed by atoms with van der Waals surface area (Å²) < 4.78 is 27.5. The number of halogens is 4. The molecule has 0 saturated carbocycles. The van der Waals surface area contributed by atoms with Crippen molar-refractivity contribution in [2.24, 2.45) is 5.92 Å². The number of hydrogen-bond donors (Lipinski definition) is 2. The standard InChI is InChI=1S/C17H23F2N3O.2ClH/c18-15-4-1-5-16(19)14(15)11-22-8-2-3-13(10-22)21-17(23)12-6-7-20-9-12;;/h1,4-5,12-13,20H,2-3,6-11H2,(H,21,23);2*1H. The highest BCUT2D eigenvalue weighted by atomic mass is 35.5. The third kappa shape index (κ3) is 5.78. The monoisotopic (exact) mass is 395 g/mol. The van der Waals surface area contributed by atoms with Gasteiger partial charge in [0.25, 0.3) is 0 Å². The first kappa shape index (κ1) is 22.1. The van der Waals surface area contributed by atoms with Gasteiger partial charge in [0.15, 0.2) is 0 Å². The van der Waals surface area contributed by atoms with E-state index in [0.717, 1.165) is 38.9 Å². The van der Waals surface area contributed by atoms with Gasteiger partial charge >= 0.3 is 0 Å². The lowest BCUT2D eigenvalue weighted by Gasteiger charge is -2.33. The van der Waals surface area contributed by atoms with Crippen LogP contribution in [-0.4, -0.2) is 43.0 Å². The molecule has 1 amide bonds. The summed E-state index contributed by atoms with van der Waals surface area (Å²) in [5, 5.41) is 6.29. The van der Waals surface area contributed by atoms with Gasteiger partial charge in [-0.2, -0.15) is 0 Å². The topological polar surface area (TPSA) is 44.4 Å². The summed E-state index contributed by atoms with van der Waals surface area (Å²) in [6.45, 7) is 3.31. The molecule has 142 valence electrons. The quantitative estimate of drug-likeness (QED) is 0.822. The van der Waals surface area contributed by atoms with E-state index in [4.69, 9.17) is 0 Å². The Morgan fingerprint density at radius 2 is 1.96 bits per heavy atom. The molecule has 4 nitrogen and oxygen atoms in total. The van der Waals surface area contributed by atoms with Crippen LogP contribution >= 0.6 is 24.8 Å².